The second-order valence-electron chi connectivity index (χ2n) is 4.59. The molecular formula is C14H21NOS. The third kappa shape index (κ3) is 2.84. The first-order valence-corrected chi connectivity index (χ1v) is 7.35. The van der Waals surface area contributed by atoms with Gasteiger partial charge in [0, 0.05) is 16.7 Å². The predicted octanol–water partition coefficient (Wildman–Crippen LogP) is 2.76. The van der Waals surface area contributed by atoms with Gasteiger partial charge in [-0.3, -0.25) is 0 Å². The normalized spacial score (nSPS) is 17.8. The van der Waals surface area contributed by atoms with Gasteiger partial charge >= 0.3 is 0 Å². The van der Waals surface area contributed by atoms with Crippen LogP contribution in [0.15, 0.2) is 23.1 Å². The summed E-state index contributed by atoms with van der Waals surface area (Å²) in [5.41, 5.74) is 2.48. The molecule has 2 atom stereocenters. The van der Waals surface area contributed by atoms with Crippen molar-refractivity contribution in [1.82, 2.24) is 5.32 Å². The molecule has 0 aromatic heterocycles. The number of aryl methyl sites for hydroxylation is 1. The van der Waals surface area contributed by atoms with E-state index in [1.165, 1.54) is 22.6 Å². The minimum Gasteiger partial charge on any atom is -0.387 e. The lowest BCUT2D eigenvalue weighted by Gasteiger charge is -2.22. The van der Waals surface area contributed by atoms with E-state index in [4.69, 9.17) is 0 Å². The molecule has 2 N–H and O–H groups in total. The van der Waals surface area contributed by atoms with Crippen molar-refractivity contribution in [3.8, 4) is 0 Å². The first-order valence-electron chi connectivity index (χ1n) is 6.37. The van der Waals surface area contributed by atoms with Crippen molar-refractivity contribution in [3.63, 3.8) is 0 Å². The van der Waals surface area contributed by atoms with Crippen LogP contribution in [0, 0.1) is 0 Å². The Morgan fingerprint density at radius 2 is 2.29 bits per heavy atom. The van der Waals surface area contributed by atoms with Gasteiger partial charge in [0.25, 0.3) is 0 Å². The molecule has 94 valence electrons. The molecule has 0 fully saturated rings. The van der Waals surface area contributed by atoms with Gasteiger partial charge in [0.15, 0.2) is 0 Å². The van der Waals surface area contributed by atoms with Gasteiger partial charge in [0.05, 0.1) is 6.10 Å². The van der Waals surface area contributed by atoms with Crippen molar-refractivity contribution >= 4 is 11.8 Å². The summed E-state index contributed by atoms with van der Waals surface area (Å²) in [6.07, 6.45) is 2.86. The van der Waals surface area contributed by atoms with Gasteiger partial charge in [-0.2, -0.15) is 0 Å². The highest BCUT2D eigenvalue weighted by Crippen LogP contribution is 2.34. The highest BCUT2D eigenvalue weighted by Gasteiger charge is 2.20. The Balaban J connectivity index is 2.15. The van der Waals surface area contributed by atoms with E-state index >= 15 is 0 Å². The van der Waals surface area contributed by atoms with E-state index in [9.17, 15) is 5.11 Å². The molecule has 0 amide bonds. The maximum Gasteiger partial charge on any atom is 0.0943 e. The van der Waals surface area contributed by atoms with Gasteiger partial charge in [-0.05, 0) is 37.1 Å². The molecule has 2 rings (SSSR count). The van der Waals surface area contributed by atoms with Crippen LogP contribution in [0.25, 0.3) is 0 Å². The monoisotopic (exact) mass is 251 g/mol. The van der Waals surface area contributed by atoms with Crippen LogP contribution in [-0.2, 0) is 6.42 Å². The summed E-state index contributed by atoms with van der Waals surface area (Å²) in [5, 5.41) is 13.6. The molecule has 1 aliphatic heterocycles. The molecule has 1 aromatic carbocycles. The number of benzene rings is 1. The number of hydrogen-bond donors (Lipinski definition) is 2. The zero-order valence-electron chi connectivity index (χ0n) is 10.6. The lowest BCUT2D eigenvalue weighted by Crippen LogP contribution is -2.31. The fourth-order valence-corrected chi connectivity index (χ4v) is 3.49. The first-order chi connectivity index (χ1) is 8.26. The largest absolute Gasteiger partial charge is 0.387 e. The van der Waals surface area contributed by atoms with Gasteiger partial charge in [0.2, 0.25) is 0 Å². The molecule has 0 spiro atoms. The van der Waals surface area contributed by atoms with E-state index in [2.05, 4.69) is 30.4 Å². The van der Waals surface area contributed by atoms with Gasteiger partial charge in [-0.25, -0.2) is 0 Å². The topological polar surface area (TPSA) is 32.3 Å². The number of aliphatic hydroxyl groups excluding tert-OH is 1. The second-order valence-corrected chi connectivity index (χ2v) is 5.73. The lowest BCUT2D eigenvalue weighted by atomic mass is 9.97. The summed E-state index contributed by atoms with van der Waals surface area (Å²) < 4.78 is 0. The van der Waals surface area contributed by atoms with E-state index < -0.39 is 6.10 Å². The SMILES string of the molecule is CCCC(NC)C(O)c1ccc2c(c1)SCC2. The maximum absolute atomic E-state index is 10.4. The van der Waals surface area contributed by atoms with Gasteiger partial charge in [0.1, 0.15) is 0 Å². The van der Waals surface area contributed by atoms with E-state index in [0.29, 0.717) is 0 Å². The Morgan fingerprint density at radius 1 is 1.47 bits per heavy atom. The van der Waals surface area contributed by atoms with E-state index in [1.807, 2.05) is 18.8 Å². The minimum absolute atomic E-state index is 0.157. The summed E-state index contributed by atoms with van der Waals surface area (Å²) in [6, 6.07) is 6.57. The fourth-order valence-electron chi connectivity index (χ4n) is 2.37. The van der Waals surface area contributed by atoms with Crippen LogP contribution in [0.3, 0.4) is 0 Å². The molecule has 0 aliphatic carbocycles. The van der Waals surface area contributed by atoms with E-state index in [-0.39, 0.29) is 6.04 Å². The Morgan fingerprint density at radius 3 is 3.00 bits per heavy atom. The van der Waals surface area contributed by atoms with Crippen LogP contribution in [0.5, 0.6) is 0 Å². The Hall–Kier alpha value is -0.510. The summed E-state index contributed by atoms with van der Waals surface area (Å²) >= 11 is 1.90. The Bertz CT molecular complexity index is 380. The van der Waals surface area contributed by atoms with Crippen molar-refractivity contribution in [3.05, 3.63) is 29.3 Å². The Labute approximate surface area is 108 Å². The Kier molecular flexibility index (Phi) is 4.48. The third-order valence-corrected chi connectivity index (χ3v) is 4.51. The molecule has 1 heterocycles. The van der Waals surface area contributed by atoms with Crippen LogP contribution in [0.1, 0.15) is 37.0 Å². The maximum atomic E-state index is 10.4. The molecule has 3 heteroatoms. The van der Waals surface area contributed by atoms with Crippen molar-refractivity contribution in [2.24, 2.45) is 0 Å². The average molecular weight is 251 g/mol. The lowest BCUT2D eigenvalue weighted by molar-refractivity contribution is 0.127. The van der Waals surface area contributed by atoms with E-state index in [1.54, 1.807) is 0 Å². The number of fused-ring (bicyclic) bond motifs is 1. The molecular weight excluding hydrogens is 230 g/mol. The van der Waals surface area contributed by atoms with Crippen LogP contribution in [0.4, 0.5) is 0 Å². The van der Waals surface area contributed by atoms with Crippen LogP contribution < -0.4 is 5.32 Å². The van der Waals surface area contributed by atoms with Crippen molar-refractivity contribution in [1.29, 1.82) is 0 Å². The molecule has 0 radical (unpaired) electrons. The second kappa shape index (κ2) is 5.89. The molecule has 17 heavy (non-hydrogen) atoms. The van der Waals surface area contributed by atoms with Crippen LogP contribution in [0.2, 0.25) is 0 Å². The standard InChI is InChI=1S/C14H21NOS/c1-3-4-12(15-2)14(16)11-6-5-10-7-8-17-13(10)9-11/h5-6,9,12,14-16H,3-4,7-8H2,1-2H3. The van der Waals surface area contributed by atoms with Gasteiger partial charge < -0.3 is 10.4 Å². The van der Waals surface area contributed by atoms with Gasteiger partial charge in [-0.1, -0.05) is 25.5 Å². The number of nitrogens with one attached hydrogen (secondary N) is 1. The number of rotatable bonds is 5. The molecule has 0 bridgehead atoms. The molecule has 2 unspecified atom stereocenters. The summed E-state index contributed by atoms with van der Waals surface area (Å²) in [5.74, 6) is 1.18. The van der Waals surface area contributed by atoms with Crippen LogP contribution >= 0.6 is 11.8 Å². The molecule has 2 nitrogen and oxygen atoms in total. The number of hydrogen-bond acceptors (Lipinski definition) is 3. The van der Waals surface area contributed by atoms with Crippen molar-refractivity contribution in [2.75, 3.05) is 12.8 Å². The number of thioether (sulfide) groups is 1. The first kappa shape index (κ1) is 12.9. The quantitative estimate of drug-likeness (QED) is 0.844. The average Bonchev–Trinajstić information content (AvgIpc) is 2.82. The molecule has 1 aliphatic rings. The summed E-state index contributed by atoms with van der Waals surface area (Å²) in [4.78, 5) is 1.35. The third-order valence-electron chi connectivity index (χ3n) is 3.41. The summed E-state index contributed by atoms with van der Waals surface area (Å²) in [6.45, 7) is 2.15. The van der Waals surface area contributed by atoms with Crippen molar-refractivity contribution < 1.29 is 5.11 Å². The summed E-state index contributed by atoms with van der Waals surface area (Å²) in [7, 11) is 1.92. The molecule has 1 aromatic rings. The zero-order valence-corrected chi connectivity index (χ0v) is 11.4. The fraction of sp³-hybridized carbons (Fsp3) is 0.571. The number of likely N-dealkylation sites (N-methyl/N-ethyl adjacent to an activating group) is 1. The highest BCUT2D eigenvalue weighted by atomic mass is 32.2. The van der Waals surface area contributed by atoms with E-state index in [0.717, 1.165) is 18.4 Å². The van der Waals surface area contributed by atoms with Crippen LogP contribution in [-0.4, -0.2) is 23.9 Å². The molecule has 0 saturated carbocycles. The molecule has 0 saturated heterocycles. The van der Waals surface area contributed by atoms with Crippen molar-refractivity contribution in [2.45, 2.75) is 43.2 Å². The zero-order chi connectivity index (χ0) is 12.3. The minimum atomic E-state index is -0.397. The highest BCUT2D eigenvalue weighted by molar-refractivity contribution is 7.99. The number of aliphatic hydroxyl groups is 1. The van der Waals surface area contributed by atoms with Gasteiger partial charge in [-0.15, -0.1) is 11.8 Å². The smallest absolute Gasteiger partial charge is 0.0943 e. The predicted molar refractivity (Wildman–Crippen MR) is 73.6 cm³/mol.